The molecule has 0 spiro atoms. The highest BCUT2D eigenvalue weighted by atomic mass is 35.5. The summed E-state index contributed by atoms with van der Waals surface area (Å²) in [6.45, 7) is 4.78. The number of halogens is 1. The first-order chi connectivity index (χ1) is 13.6. The molecular formula is C20H19ClN6O. The Morgan fingerprint density at radius 1 is 1.07 bits per heavy atom. The third kappa shape index (κ3) is 2.88. The van der Waals surface area contributed by atoms with Gasteiger partial charge in [0.15, 0.2) is 5.82 Å². The van der Waals surface area contributed by atoms with Crippen molar-refractivity contribution >= 4 is 45.1 Å². The number of imidazole rings is 1. The van der Waals surface area contributed by atoms with Crippen molar-refractivity contribution < 1.29 is 4.79 Å². The molecule has 3 heterocycles. The average molecular weight is 395 g/mol. The topological polar surface area (TPSA) is 80.9 Å². The van der Waals surface area contributed by atoms with Gasteiger partial charge in [0, 0.05) is 49.2 Å². The number of fused-ring (bicyclic) bond motifs is 2. The zero-order valence-corrected chi connectivity index (χ0v) is 16.1. The Hall–Kier alpha value is -3.06. The third-order valence-corrected chi connectivity index (χ3v) is 5.54. The number of piperazine rings is 1. The number of rotatable bonds is 2. The molecule has 0 unspecified atom stereocenters. The molecule has 0 saturated carbocycles. The van der Waals surface area contributed by atoms with Crippen LogP contribution in [-0.2, 0) is 4.79 Å². The van der Waals surface area contributed by atoms with Gasteiger partial charge < -0.3 is 14.8 Å². The minimum atomic E-state index is 0.139. The van der Waals surface area contributed by atoms with E-state index in [9.17, 15) is 4.79 Å². The summed E-state index contributed by atoms with van der Waals surface area (Å²) in [4.78, 5) is 23.8. The molecular weight excluding hydrogens is 376 g/mol. The molecule has 0 atom stereocenters. The standard InChI is InChI=1S/C20H19ClN6O/c1-12(28)26-6-8-27(9-7-26)14-3-5-17-18(11-14)23-20(22-17)19-15-10-13(21)2-4-16(15)24-25-19/h2-5,10-11H,6-9H2,1H3,(H,22,23)(H,24,25). The van der Waals surface area contributed by atoms with Crippen molar-refractivity contribution in [2.45, 2.75) is 6.92 Å². The van der Waals surface area contributed by atoms with E-state index >= 15 is 0 Å². The average Bonchev–Trinajstić information content (AvgIpc) is 3.30. The molecule has 2 N–H and O–H groups in total. The van der Waals surface area contributed by atoms with Crippen LogP contribution in [0.25, 0.3) is 33.5 Å². The summed E-state index contributed by atoms with van der Waals surface area (Å²) in [5.74, 6) is 0.849. The van der Waals surface area contributed by atoms with Crippen LogP contribution in [0.3, 0.4) is 0 Å². The minimum Gasteiger partial charge on any atom is -0.368 e. The number of benzene rings is 2. The van der Waals surface area contributed by atoms with Gasteiger partial charge in [-0.1, -0.05) is 11.6 Å². The molecule has 1 saturated heterocycles. The molecule has 1 aliphatic rings. The molecule has 2 aromatic carbocycles. The lowest BCUT2D eigenvalue weighted by atomic mass is 10.2. The molecule has 4 aromatic rings. The summed E-state index contributed by atoms with van der Waals surface area (Å²) in [6.07, 6.45) is 0. The number of nitrogens with one attached hydrogen (secondary N) is 2. The molecule has 8 heteroatoms. The molecule has 1 fully saturated rings. The fourth-order valence-corrected chi connectivity index (χ4v) is 3.92. The van der Waals surface area contributed by atoms with E-state index in [0.29, 0.717) is 10.8 Å². The fourth-order valence-electron chi connectivity index (χ4n) is 3.75. The maximum absolute atomic E-state index is 11.5. The molecule has 7 nitrogen and oxygen atoms in total. The molecule has 5 rings (SSSR count). The number of anilines is 1. The van der Waals surface area contributed by atoms with E-state index in [4.69, 9.17) is 16.6 Å². The zero-order chi connectivity index (χ0) is 19.3. The van der Waals surface area contributed by atoms with E-state index in [2.05, 4.69) is 32.2 Å². The number of H-pyrrole nitrogens is 2. The van der Waals surface area contributed by atoms with Crippen LogP contribution in [-0.4, -0.2) is 57.2 Å². The number of aromatic amines is 2. The zero-order valence-electron chi connectivity index (χ0n) is 15.4. The molecule has 1 amide bonds. The lowest BCUT2D eigenvalue weighted by Gasteiger charge is -2.35. The second-order valence-electron chi connectivity index (χ2n) is 7.04. The van der Waals surface area contributed by atoms with Gasteiger partial charge in [-0.2, -0.15) is 5.10 Å². The van der Waals surface area contributed by atoms with Crippen molar-refractivity contribution in [2.24, 2.45) is 0 Å². The van der Waals surface area contributed by atoms with Crippen molar-refractivity contribution in [1.82, 2.24) is 25.1 Å². The number of hydrogen-bond acceptors (Lipinski definition) is 4. The van der Waals surface area contributed by atoms with Gasteiger partial charge in [-0.15, -0.1) is 0 Å². The van der Waals surface area contributed by atoms with Crippen LogP contribution in [0, 0.1) is 0 Å². The Labute approximate surface area is 166 Å². The van der Waals surface area contributed by atoms with E-state index in [1.165, 1.54) is 0 Å². The van der Waals surface area contributed by atoms with Gasteiger partial charge in [-0.25, -0.2) is 4.98 Å². The van der Waals surface area contributed by atoms with Crippen LogP contribution < -0.4 is 4.90 Å². The van der Waals surface area contributed by atoms with Crippen LogP contribution >= 0.6 is 11.6 Å². The van der Waals surface area contributed by atoms with Crippen molar-refractivity contribution in [3.8, 4) is 11.5 Å². The van der Waals surface area contributed by atoms with Gasteiger partial charge in [-0.3, -0.25) is 9.89 Å². The Morgan fingerprint density at radius 3 is 2.68 bits per heavy atom. The van der Waals surface area contributed by atoms with Crippen LogP contribution in [0.1, 0.15) is 6.92 Å². The lowest BCUT2D eigenvalue weighted by Crippen LogP contribution is -2.48. The van der Waals surface area contributed by atoms with E-state index in [0.717, 1.165) is 59.5 Å². The summed E-state index contributed by atoms with van der Waals surface area (Å²) >= 11 is 6.15. The van der Waals surface area contributed by atoms with Gasteiger partial charge in [0.25, 0.3) is 0 Å². The Kier molecular flexibility index (Phi) is 3.98. The van der Waals surface area contributed by atoms with Crippen molar-refractivity contribution in [3.63, 3.8) is 0 Å². The van der Waals surface area contributed by atoms with Crippen molar-refractivity contribution in [1.29, 1.82) is 0 Å². The number of carbonyl (C=O) groups excluding carboxylic acids is 1. The quantitative estimate of drug-likeness (QED) is 0.545. The Bertz CT molecular complexity index is 1190. The minimum absolute atomic E-state index is 0.139. The van der Waals surface area contributed by atoms with Gasteiger partial charge in [0.2, 0.25) is 5.91 Å². The Balaban J connectivity index is 1.47. The SMILES string of the molecule is CC(=O)N1CCN(c2ccc3nc(-c4n[nH]c5ccc(Cl)cc45)[nH]c3c2)CC1. The highest BCUT2D eigenvalue weighted by molar-refractivity contribution is 6.31. The van der Waals surface area contributed by atoms with Crippen molar-refractivity contribution in [3.05, 3.63) is 41.4 Å². The second-order valence-corrected chi connectivity index (χ2v) is 7.48. The maximum Gasteiger partial charge on any atom is 0.219 e. The second kappa shape index (κ2) is 6.53. The summed E-state index contributed by atoms with van der Waals surface area (Å²) in [5.41, 5.74) is 4.65. The highest BCUT2D eigenvalue weighted by Crippen LogP contribution is 2.29. The van der Waals surface area contributed by atoms with Gasteiger partial charge in [0.05, 0.1) is 16.6 Å². The lowest BCUT2D eigenvalue weighted by molar-refractivity contribution is -0.129. The van der Waals surface area contributed by atoms with Gasteiger partial charge in [-0.05, 0) is 36.4 Å². The number of nitrogens with zero attached hydrogens (tertiary/aromatic N) is 4. The van der Waals surface area contributed by atoms with Gasteiger partial charge >= 0.3 is 0 Å². The first-order valence-electron chi connectivity index (χ1n) is 9.23. The maximum atomic E-state index is 11.5. The van der Waals surface area contributed by atoms with E-state index in [1.807, 2.05) is 29.2 Å². The molecule has 0 aliphatic carbocycles. The van der Waals surface area contributed by atoms with E-state index in [1.54, 1.807) is 6.92 Å². The predicted molar refractivity (Wildman–Crippen MR) is 111 cm³/mol. The molecule has 142 valence electrons. The number of carbonyl (C=O) groups is 1. The van der Waals surface area contributed by atoms with E-state index in [-0.39, 0.29) is 5.91 Å². The monoisotopic (exact) mass is 394 g/mol. The Morgan fingerprint density at radius 2 is 1.89 bits per heavy atom. The summed E-state index contributed by atoms with van der Waals surface area (Å²) in [7, 11) is 0. The van der Waals surface area contributed by atoms with E-state index < -0.39 is 0 Å². The summed E-state index contributed by atoms with van der Waals surface area (Å²) in [5, 5.41) is 9.04. The number of amides is 1. The molecule has 1 aliphatic heterocycles. The predicted octanol–water partition coefficient (Wildman–Crippen LogP) is 3.43. The van der Waals surface area contributed by atoms with Crippen LogP contribution in [0.15, 0.2) is 36.4 Å². The van der Waals surface area contributed by atoms with Crippen molar-refractivity contribution in [2.75, 3.05) is 31.1 Å². The van der Waals surface area contributed by atoms with Crippen LogP contribution in [0.2, 0.25) is 5.02 Å². The molecule has 28 heavy (non-hydrogen) atoms. The normalized spacial score (nSPS) is 14.9. The van der Waals surface area contributed by atoms with Gasteiger partial charge in [0.1, 0.15) is 5.69 Å². The highest BCUT2D eigenvalue weighted by Gasteiger charge is 2.20. The first kappa shape index (κ1) is 17.1. The largest absolute Gasteiger partial charge is 0.368 e. The fraction of sp³-hybridized carbons (Fsp3) is 0.250. The summed E-state index contributed by atoms with van der Waals surface area (Å²) < 4.78 is 0. The number of aromatic nitrogens is 4. The third-order valence-electron chi connectivity index (χ3n) is 5.30. The molecule has 2 aromatic heterocycles. The molecule has 0 radical (unpaired) electrons. The van der Waals surface area contributed by atoms with Crippen LogP contribution in [0.5, 0.6) is 0 Å². The summed E-state index contributed by atoms with van der Waals surface area (Å²) in [6, 6.07) is 11.8. The molecule has 0 bridgehead atoms. The number of hydrogen-bond donors (Lipinski definition) is 2. The smallest absolute Gasteiger partial charge is 0.219 e. The van der Waals surface area contributed by atoms with Crippen LogP contribution in [0.4, 0.5) is 5.69 Å². The first-order valence-corrected chi connectivity index (χ1v) is 9.60.